The van der Waals surface area contributed by atoms with Crippen molar-refractivity contribution in [2.45, 2.75) is 36.6 Å². The van der Waals surface area contributed by atoms with E-state index in [1.54, 1.807) is 36.4 Å². The Balaban J connectivity index is 1.84. The van der Waals surface area contributed by atoms with Crippen molar-refractivity contribution in [3.8, 4) is 11.5 Å². The zero-order valence-corrected chi connectivity index (χ0v) is 18.5. The Morgan fingerprint density at radius 3 is 1.45 bits per heavy atom. The average molecular weight is 435 g/mol. The van der Waals surface area contributed by atoms with Crippen LogP contribution in [0.4, 0.5) is 0 Å². The maximum atomic E-state index is 14.4. The third kappa shape index (κ3) is 3.74. The fourth-order valence-electron chi connectivity index (χ4n) is 3.83. The molecule has 0 aliphatic heterocycles. The van der Waals surface area contributed by atoms with E-state index in [0.717, 1.165) is 11.1 Å². The van der Waals surface area contributed by atoms with Crippen molar-refractivity contribution < 1.29 is 17.9 Å². The van der Waals surface area contributed by atoms with Crippen LogP contribution in [0, 0.1) is 13.8 Å². The number of hydrogen-bond donors (Lipinski definition) is 0. The highest BCUT2D eigenvalue weighted by atomic mass is 32.2. The van der Waals surface area contributed by atoms with Crippen LogP contribution < -0.4 is 9.47 Å². The van der Waals surface area contributed by atoms with Gasteiger partial charge >= 0.3 is 0 Å². The van der Waals surface area contributed by atoms with Crippen LogP contribution in [0.5, 0.6) is 11.5 Å². The summed E-state index contributed by atoms with van der Waals surface area (Å²) in [6.07, 6.45) is 14.4. The van der Waals surface area contributed by atoms with E-state index in [9.17, 15) is 8.42 Å². The first-order valence-corrected chi connectivity index (χ1v) is 11.8. The molecule has 2 unspecified atom stereocenters. The van der Waals surface area contributed by atoms with E-state index in [1.165, 1.54) is 0 Å². The lowest BCUT2D eigenvalue weighted by Crippen LogP contribution is -2.56. The molecule has 2 aromatic carbocycles. The van der Waals surface area contributed by atoms with Gasteiger partial charge in [0.05, 0.1) is 0 Å². The van der Waals surface area contributed by atoms with E-state index in [-0.39, 0.29) is 12.8 Å². The van der Waals surface area contributed by atoms with E-state index < -0.39 is 19.7 Å². The minimum atomic E-state index is -4.06. The van der Waals surface area contributed by atoms with Crippen LogP contribution in [0.15, 0.2) is 97.1 Å². The number of sulfone groups is 1. The van der Waals surface area contributed by atoms with Crippen molar-refractivity contribution in [2.24, 2.45) is 0 Å². The molecule has 2 atom stereocenters. The molecule has 0 heterocycles. The second kappa shape index (κ2) is 8.23. The second-order valence-corrected chi connectivity index (χ2v) is 10.2. The van der Waals surface area contributed by atoms with Gasteiger partial charge in [0, 0.05) is 12.8 Å². The Morgan fingerprint density at radius 2 is 1.10 bits per heavy atom. The van der Waals surface area contributed by atoms with Crippen molar-refractivity contribution in [3.63, 3.8) is 0 Å². The van der Waals surface area contributed by atoms with Crippen molar-refractivity contribution in [1.29, 1.82) is 0 Å². The summed E-state index contributed by atoms with van der Waals surface area (Å²) in [6.45, 7) is 3.81. The molecule has 160 valence electrons. The molecule has 0 saturated heterocycles. The third-order valence-electron chi connectivity index (χ3n) is 5.66. The predicted octanol–water partition coefficient (Wildman–Crippen LogP) is 5.60. The molecule has 0 radical (unpaired) electrons. The first-order valence-electron chi connectivity index (χ1n) is 10.3. The lowest BCUT2D eigenvalue weighted by atomic mass is 10.1. The molecule has 0 N–H and O–H groups in total. The van der Waals surface area contributed by atoms with Crippen molar-refractivity contribution in [1.82, 2.24) is 0 Å². The Kier molecular flexibility index (Phi) is 5.63. The number of allylic oxidation sites excluding steroid dienone is 4. The monoisotopic (exact) mass is 434 g/mol. The zero-order valence-electron chi connectivity index (χ0n) is 17.7. The molecule has 5 heteroatoms. The molecule has 0 saturated carbocycles. The number of aryl methyl sites for hydroxylation is 2. The van der Waals surface area contributed by atoms with Crippen LogP contribution in [-0.4, -0.2) is 18.3 Å². The van der Waals surface area contributed by atoms with E-state index in [4.69, 9.17) is 9.47 Å². The van der Waals surface area contributed by atoms with E-state index in [2.05, 4.69) is 0 Å². The fraction of sp³-hybridized carbons (Fsp3) is 0.231. The van der Waals surface area contributed by atoms with Gasteiger partial charge in [-0.2, -0.15) is 0 Å². The molecule has 0 spiro atoms. The molecule has 2 aromatic rings. The molecule has 4 nitrogen and oxygen atoms in total. The number of ether oxygens (including phenoxy) is 2. The van der Waals surface area contributed by atoms with Gasteiger partial charge in [-0.1, -0.05) is 72.9 Å². The molecule has 0 bridgehead atoms. The summed E-state index contributed by atoms with van der Waals surface area (Å²) in [5.41, 5.74) is 1.74. The van der Waals surface area contributed by atoms with Gasteiger partial charge in [0.1, 0.15) is 11.5 Å². The standard InChI is InChI=1S/C26H26O4S/c1-21-13-5-7-15-23(21)29-25(17-9-3-10-18-25)31(27,28)26(19-11-4-12-20-26)30-24-16-8-6-14-22(24)2/h3-17,19H,18,20H2,1-2H3. The van der Waals surface area contributed by atoms with Crippen LogP contribution in [0.1, 0.15) is 24.0 Å². The van der Waals surface area contributed by atoms with Gasteiger partial charge in [-0.05, 0) is 49.3 Å². The summed E-state index contributed by atoms with van der Waals surface area (Å²) in [6, 6.07) is 14.9. The first kappa shape index (κ1) is 21.2. The molecular formula is C26H26O4S. The quantitative estimate of drug-likeness (QED) is 0.594. The highest BCUT2D eigenvalue weighted by Gasteiger charge is 2.58. The fourth-order valence-corrected chi connectivity index (χ4v) is 5.96. The van der Waals surface area contributed by atoms with Gasteiger partial charge in [-0.3, -0.25) is 0 Å². The predicted molar refractivity (Wildman–Crippen MR) is 124 cm³/mol. The van der Waals surface area contributed by atoms with Crippen molar-refractivity contribution in [2.75, 3.05) is 0 Å². The molecular weight excluding hydrogens is 408 g/mol. The van der Waals surface area contributed by atoms with Crippen LogP contribution in [0.25, 0.3) is 0 Å². The molecule has 4 rings (SSSR count). The summed E-state index contributed by atoms with van der Waals surface area (Å²) in [4.78, 5) is -3.18. The topological polar surface area (TPSA) is 52.6 Å². The maximum absolute atomic E-state index is 14.4. The Morgan fingerprint density at radius 1 is 0.677 bits per heavy atom. The summed E-state index contributed by atoms with van der Waals surface area (Å²) in [5.74, 6) is 1.07. The Labute approximate surface area is 184 Å². The van der Waals surface area contributed by atoms with E-state index >= 15 is 0 Å². The normalized spacial score (nSPS) is 24.8. The summed E-state index contributed by atoms with van der Waals surface area (Å²) in [7, 11) is -4.06. The maximum Gasteiger partial charge on any atom is 0.239 e. The zero-order chi connectivity index (χ0) is 22.0. The molecule has 0 fully saturated rings. The van der Waals surface area contributed by atoms with Crippen LogP contribution in [0.3, 0.4) is 0 Å². The molecule has 31 heavy (non-hydrogen) atoms. The Bertz CT molecular complexity index is 1100. The highest BCUT2D eigenvalue weighted by molar-refractivity contribution is 7.94. The van der Waals surface area contributed by atoms with E-state index in [1.807, 2.05) is 74.5 Å². The number of hydrogen-bond acceptors (Lipinski definition) is 4. The Hall–Kier alpha value is -3.05. The van der Waals surface area contributed by atoms with Gasteiger partial charge in [0.25, 0.3) is 0 Å². The van der Waals surface area contributed by atoms with Gasteiger partial charge in [-0.15, -0.1) is 0 Å². The summed E-state index contributed by atoms with van der Waals surface area (Å²) >= 11 is 0. The highest BCUT2D eigenvalue weighted by Crippen LogP contribution is 2.43. The van der Waals surface area contributed by atoms with Gasteiger partial charge in [0.15, 0.2) is 0 Å². The van der Waals surface area contributed by atoms with Crippen molar-refractivity contribution in [3.05, 3.63) is 108 Å². The minimum absolute atomic E-state index is 0.191. The summed E-state index contributed by atoms with van der Waals surface area (Å²) in [5, 5.41) is 0. The molecule has 0 amide bonds. The minimum Gasteiger partial charge on any atom is -0.467 e. The summed E-state index contributed by atoms with van der Waals surface area (Å²) < 4.78 is 41.4. The first-order chi connectivity index (χ1) is 14.9. The average Bonchev–Trinajstić information content (AvgIpc) is 2.78. The van der Waals surface area contributed by atoms with Gasteiger partial charge < -0.3 is 9.47 Å². The largest absolute Gasteiger partial charge is 0.467 e. The lowest BCUT2D eigenvalue weighted by Gasteiger charge is -2.41. The number of para-hydroxylation sites is 2. The lowest BCUT2D eigenvalue weighted by molar-refractivity contribution is 0.160. The number of rotatable bonds is 6. The molecule has 2 aliphatic rings. The van der Waals surface area contributed by atoms with Crippen molar-refractivity contribution >= 4 is 9.84 Å². The SMILES string of the molecule is Cc1ccccc1OC1(S(=O)(=O)C2(Oc3ccccc3C)C=CC=CC2)C=CC=CC1. The van der Waals surface area contributed by atoms with Crippen LogP contribution >= 0.6 is 0 Å². The van der Waals surface area contributed by atoms with E-state index in [0.29, 0.717) is 11.5 Å². The molecule has 0 aromatic heterocycles. The molecule has 2 aliphatic carbocycles. The van der Waals surface area contributed by atoms with Gasteiger partial charge in [-0.25, -0.2) is 8.42 Å². The van der Waals surface area contributed by atoms with Crippen LogP contribution in [-0.2, 0) is 9.84 Å². The third-order valence-corrected chi connectivity index (χ3v) is 8.25. The van der Waals surface area contributed by atoms with Crippen LogP contribution in [0.2, 0.25) is 0 Å². The van der Waals surface area contributed by atoms with Gasteiger partial charge in [0.2, 0.25) is 19.7 Å². The number of benzene rings is 2. The smallest absolute Gasteiger partial charge is 0.239 e. The second-order valence-electron chi connectivity index (χ2n) is 7.85.